The molecule has 1 rings (SSSR count). The van der Waals surface area contributed by atoms with E-state index < -0.39 is 6.10 Å². The van der Waals surface area contributed by atoms with Crippen LogP contribution in [0.4, 0.5) is 0 Å². The Balaban J connectivity index is 2.25. The zero-order valence-electron chi connectivity index (χ0n) is 11.3. The van der Waals surface area contributed by atoms with Crippen LogP contribution in [0.15, 0.2) is 0 Å². The molecule has 4 nitrogen and oxygen atoms in total. The van der Waals surface area contributed by atoms with Crippen LogP contribution in [-0.4, -0.2) is 59.7 Å². The van der Waals surface area contributed by atoms with Crippen molar-refractivity contribution in [1.29, 1.82) is 0 Å². The van der Waals surface area contributed by atoms with E-state index in [0.29, 0.717) is 19.1 Å². The minimum absolute atomic E-state index is 0.163. The smallest absolute Gasteiger partial charge is 0.0900 e. The van der Waals surface area contributed by atoms with Gasteiger partial charge >= 0.3 is 0 Å². The Kier molecular flexibility index (Phi) is 6.41. The van der Waals surface area contributed by atoms with Crippen LogP contribution in [0.2, 0.25) is 0 Å². The number of piperidine rings is 1. The molecule has 0 saturated carbocycles. The van der Waals surface area contributed by atoms with Crippen molar-refractivity contribution in [2.24, 2.45) is 5.92 Å². The minimum Gasteiger partial charge on any atom is -0.393 e. The topological polar surface area (TPSA) is 52.9 Å². The average molecular weight is 245 g/mol. The van der Waals surface area contributed by atoms with Crippen molar-refractivity contribution in [2.75, 3.05) is 26.2 Å². The molecule has 2 N–H and O–H groups in total. The van der Waals surface area contributed by atoms with Gasteiger partial charge in [-0.2, -0.15) is 0 Å². The lowest BCUT2D eigenvalue weighted by Crippen LogP contribution is -2.44. The molecule has 0 aliphatic carbocycles. The fraction of sp³-hybridized carbons (Fsp3) is 1.00. The minimum atomic E-state index is -0.426. The second kappa shape index (κ2) is 7.31. The van der Waals surface area contributed by atoms with E-state index in [1.54, 1.807) is 0 Å². The summed E-state index contributed by atoms with van der Waals surface area (Å²) in [4.78, 5) is 2.23. The first-order valence-electron chi connectivity index (χ1n) is 6.69. The van der Waals surface area contributed by atoms with E-state index in [-0.39, 0.29) is 12.2 Å². The molecule has 0 amide bonds. The van der Waals surface area contributed by atoms with Crippen LogP contribution in [0.1, 0.15) is 33.6 Å². The Labute approximate surface area is 105 Å². The van der Waals surface area contributed by atoms with Gasteiger partial charge in [-0.15, -0.1) is 0 Å². The quantitative estimate of drug-likeness (QED) is 0.729. The van der Waals surface area contributed by atoms with Gasteiger partial charge < -0.3 is 19.8 Å². The molecule has 0 aromatic carbocycles. The summed E-state index contributed by atoms with van der Waals surface area (Å²) in [5.41, 5.74) is 0. The highest BCUT2D eigenvalue weighted by Crippen LogP contribution is 2.19. The van der Waals surface area contributed by atoms with Gasteiger partial charge in [-0.25, -0.2) is 0 Å². The third-order valence-electron chi connectivity index (χ3n) is 3.32. The lowest BCUT2D eigenvalue weighted by Gasteiger charge is -2.35. The van der Waals surface area contributed by atoms with Crippen LogP contribution in [-0.2, 0) is 4.74 Å². The van der Waals surface area contributed by atoms with E-state index in [4.69, 9.17) is 4.74 Å². The van der Waals surface area contributed by atoms with E-state index in [9.17, 15) is 10.2 Å². The van der Waals surface area contributed by atoms with Gasteiger partial charge in [-0.3, -0.25) is 0 Å². The number of ether oxygens (including phenoxy) is 1. The Morgan fingerprint density at radius 2 is 2.00 bits per heavy atom. The molecule has 0 radical (unpaired) electrons. The number of rotatable bonds is 6. The molecule has 3 unspecified atom stereocenters. The van der Waals surface area contributed by atoms with E-state index in [1.165, 1.54) is 0 Å². The Bertz CT molecular complexity index is 209. The molecule has 1 aliphatic rings. The molecule has 0 aromatic rings. The van der Waals surface area contributed by atoms with E-state index in [0.717, 1.165) is 25.9 Å². The van der Waals surface area contributed by atoms with Crippen LogP contribution >= 0.6 is 0 Å². The number of β-amino-alcohol motifs (C(OH)–C–C–N with tert-alkyl or cyclic N) is 1. The van der Waals surface area contributed by atoms with Crippen molar-refractivity contribution in [1.82, 2.24) is 4.90 Å². The number of nitrogens with zero attached hydrogens (tertiary/aromatic N) is 1. The molecule has 1 fully saturated rings. The van der Waals surface area contributed by atoms with Crippen LogP contribution < -0.4 is 0 Å². The fourth-order valence-electron chi connectivity index (χ4n) is 2.31. The van der Waals surface area contributed by atoms with Gasteiger partial charge in [0.1, 0.15) is 0 Å². The van der Waals surface area contributed by atoms with E-state index in [1.807, 2.05) is 20.8 Å². The van der Waals surface area contributed by atoms with Gasteiger partial charge in [0.25, 0.3) is 0 Å². The second-order valence-electron chi connectivity index (χ2n) is 5.44. The maximum atomic E-state index is 9.85. The van der Waals surface area contributed by atoms with E-state index >= 15 is 0 Å². The molecule has 1 heterocycles. The molecule has 1 saturated heterocycles. The molecule has 0 aromatic heterocycles. The normalized spacial score (nSPS) is 26.1. The Hall–Kier alpha value is -0.160. The highest BCUT2D eigenvalue weighted by Gasteiger charge is 2.24. The van der Waals surface area contributed by atoms with Gasteiger partial charge in [0.15, 0.2) is 0 Å². The summed E-state index contributed by atoms with van der Waals surface area (Å²) in [6.45, 7) is 8.74. The highest BCUT2D eigenvalue weighted by molar-refractivity contribution is 4.77. The number of hydrogen-bond acceptors (Lipinski definition) is 4. The molecule has 3 atom stereocenters. The fourth-order valence-corrected chi connectivity index (χ4v) is 2.31. The van der Waals surface area contributed by atoms with Crippen molar-refractivity contribution in [3.63, 3.8) is 0 Å². The summed E-state index contributed by atoms with van der Waals surface area (Å²) < 4.78 is 5.39. The number of aliphatic hydroxyl groups excluding tert-OH is 2. The summed E-state index contributed by atoms with van der Waals surface area (Å²) in [6.07, 6.45) is 1.68. The van der Waals surface area contributed by atoms with Crippen molar-refractivity contribution < 1.29 is 14.9 Å². The predicted octanol–water partition coefficient (Wildman–Crippen LogP) is 0.865. The summed E-state index contributed by atoms with van der Waals surface area (Å²) >= 11 is 0. The summed E-state index contributed by atoms with van der Waals surface area (Å²) in [6, 6.07) is 0. The molecule has 0 bridgehead atoms. The summed E-state index contributed by atoms with van der Waals surface area (Å²) in [5.74, 6) is 0.349. The van der Waals surface area contributed by atoms with Crippen LogP contribution in [0, 0.1) is 5.92 Å². The standard InChI is InChI=1S/C13H27NO3/c1-10(2)17-9-13(16)8-14-6-4-5-12(7-14)11(3)15/h10-13,15-16H,4-9H2,1-3H3. The molecular weight excluding hydrogens is 218 g/mol. The SMILES string of the molecule is CC(C)OCC(O)CN1CCCC(C(C)O)C1. The van der Waals surface area contributed by atoms with Crippen LogP contribution in [0.5, 0.6) is 0 Å². The third-order valence-corrected chi connectivity index (χ3v) is 3.32. The van der Waals surface area contributed by atoms with Gasteiger partial charge in [-0.05, 0) is 46.1 Å². The number of likely N-dealkylation sites (tertiary alicyclic amines) is 1. The maximum Gasteiger partial charge on any atom is 0.0900 e. The molecule has 1 aliphatic heterocycles. The summed E-state index contributed by atoms with van der Waals surface area (Å²) in [5, 5.41) is 19.4. The number of aliphatic hydroxyl groups is 2. The first-order chi connectivity index (χ1) is 7.99. The zero-order chi connectivity index (χ0) is 12.8. The number of hydrogen-bond donors (Lipinski definition) is 2. The summed E-state index contributed by atoms with van der Waals surface area (Å²) in [7, 11) is 0. The van der Waals surface area contributed by atoms with Crippen molar-refractivity contribution in [3.05, 3.63) is 0 Å². The first-order valence-corrected chi connectivity index (χ1v) is 6.69. The molecule has 0 spiro atoms. The maximum absolute atomic E-state index is 9.85. The second-order valence-corrected chi connectivity index (χ2v) is 5.44. The zero-order valence-corrected chi connectivity index (χ0v) is 11.3. The van der Waals surface area contributed by atoms with Gasteiger partial charge in [0, 0.05) is 13.1 Å². The molecule has 102 valence electrons. The lowest BCUT2D eigenvalue weighted by atomic mass is 9.93. The molecular formula is C13H27NO3. The predicted molar refractivity (Wildman–Crippen MR) is 67.9 cm³/mol. The first kappa shape index (κ1) is 14.9. The monoisotopic (exact) mass is 245 g/mol. The van der Waals surface area contributed by atoms with Crippen molar-refractivity contribution in [2.45, 2.75) is 51.9 Å². The highest BCUT2D eigenvalue weighted by atomic mass is 16.5. The third kappa shape index (κ3) is 5.82. The molecule has 4 heteroatoms. The lowest BCUT2D eigenvalue weighted by molar-refractivity contribution is -0.0196. The van der Waals surface area contributed by atoms with Gasteiger partial charge in [0.05, 0.1) is 24.9 Å². The van der Waals surface area contributed by atoms with Crippen LogP contribution in [0.3, 0.4) is 0 Å². The largest absolute Gasteiger partial charge is 0.393 e. The molecule has 17 heavy (non-hydrogen) atoms. The average Bonchev–Trinajstić information content (AvgIpc) is 2.26. The van der Waals surface area contributed by atoms with Gasteiger partial charge in [0.2, 0.25) is 0 Å². The van der Waals surface area contributed by atoms with Crippen molar-refractivity contribution >= 4 is 0 Å². The van der Waals surface area contributed by atoms with Crippen molar-refractivity contribution in [3.8, 4) is 0 Å². The Morgan fingerprint density at radius 1 is 1.29 bits per heavy atom. The van der Waals surface area contributed by atoms with Gasteiger partial charge in [-0.1, -0.05) is 0 Å². The van der Waals surface area contributed by atoms with Crippen LogP contribution in [0.25, 0.3) is 0 Å². The Morgan fingerprint density at radius 3 is 2.59 bits per heavy atom. The van der Waals surface area contributed by atoms with E-state index in [2.05, 4.69) is 4.90 Å².